The third kappa shape index (κ3) is 64.3. The summed E-state index contributed by atoms with van der Waals surface area (Å²) in [6, 6.07) is 0. The highest BCUT2D eigenvalue weighted by atomic mass is 16.6. The van der Waals surface area contributed by atoms with Crippen molar-refractivity contribution in [2.24, 2.45) is 0 Å². The molecule has 0 aliphatic rings. The lowest BCUT2D eigenvalue weighted by Crippen LogP contribution is -2.30. The molecule has 0 rings (SSSR count). The molecule has 0 aromatic carbocycles. The summed E-state index contributed by atoms with van der Waals surface area (Å²) >= 11 is 0. The second-order valence-electron chi connectivity index (χ2n) is 21.3. The molecule has 0 bridgehead atoms. The molecule has 0 spiro atoms. The molecule has 0 N–H and O–H groups in total. The van der Waals surface area contributed by atoms with Crippen LogP contribution in [0.15, 0.2) is 134 Å². The summed E-state index contributed by atoms with van der Waals surface area (Å²) in [5.74, 6) is -1.06. The van der Waals surface area contributed by atoms with Gasteiger partial charge in [-0.1, -0.05) is 283 Å². The van der Waals surface area contributed by atoms with Crippen LogP contribution in [-0.4, -0.2) is 37.2 Å². The van der Waals surface area contributed by atoms with E-state index in [2.05, 4.69) is 142 Å². The molecule has 6 nitrogen and oxygen atoms in total. The molecule has 0 heterocycles. The lowest BCUT2D eigenvalue weighted by molar-refractivity contribution is -0.166. The molecule has 448 valence electrons. The van der Waals surface area contributed by atoms with Crippen molar-refractivity contribution in [2.75, 3.05) is 13.2 Å². The van der Waals surface area contributed by atoms with E-state index in [-0.39, 0.29) is 31.6 Å². The Morgan fingerprint density at radius 1 is 0.278 bits per heavy atom. The summed E-state index contributed by atoms with van der Waals surface area (Å²) in [5, 5.41) is 0. The second-order valence-corrected chi connectivity index (χ2v) is 21.3. The van der Waals surface area contributed by atoms with Crippen molar-refractivity contribution in [3.05, 3.63) is 134 Å². The summed E-state index contributed by atoms with van der Waals surface area (Å²) in [5.41, 5.74) is 0. The number of hydrogen-bond acceptors (Lipinski definition) is 6. The van der Waals surface area contributed by atoms with E-state index in [1.807, 2.05) is 6.08 Å². The lowest BCUT2D eigenvalue weighted by Gasteiger charge is -2.18. The molecule has 0 fully saturated rings. The minimum Gasteiger partial charge on any atom is -0.462 e. The summed E-state index contributed by atoms with van der Waals surface area (Å²) in [7, 11) is 0. The number of rotatable bonds is 58. The molecule has 0 aromatic rings. The molecule has 0 saturated heterocycles. The minimum absolute atomic E-state index is 0.119. The first-order valence-electron chi connectivity index (χ1n) is 32.7. The summed E-state index contributed by atoms with van der Waals surface area (Å²) in [6.45, 7) is 6.41. The summed E-state index contributed by atoms with van der Waals surface area (Å²) < 4.78 is 16.8. The van der Waals surface area contributed by atoms with Crippen LogP contribution >= 0.6 is 0 Å². The van der Waals surface area contributed by atoms with Gasteiger partial charge in [0, 0.05) is 12.8 Å². The van der Waals surface area contributed by atoms with Gasteiger partial charge in [0.25, 0.3) is 0 Å². The van der Waals surface area contributed by atoms with E-state index in [9.17, 15) is 14.4 Å². The quantitative estimate of drug-likeness (QED) is 0.0261. The third-order valence-electron chi connectivity index (χ3n) is 13.6. The maximum Gasteiger partial charge on any atom is 0.309 e. The van der Waals surface area contributed by atoms with E-state index in [0.717, 1.165) is 109 Å². The number of hydrogen-bond donors (Lipinski definition) is 0. The first kappa shape index (κ1) is 74.5. The van der Waals surface area contributed by atoms with Gasteiger partial charge in [-0.3, -0.25) is 14.4 Å². The Morgan fingerprint density at radius 2 is 0.544 bits per heavy atom. The Kier molecular flexibility index (Phi) is 62.3. The van der Waals surface area contributed by atoms with E-state index in [4.69, 9.17) is 14.2 Å². The zero-order valence-electron chi connectivity index (χ0n) is 51.3. The van der Waals surface area contributed by atoms with Crippen LogP contribution in [0.5, 0.6) is 0 Å². The van der Waals surface area contributed by atoms with Crippen LogP contribution in [0.25, 0.3) is 0 Å². The predicted octanol–water partition coefficient (Wildman–Crippen LogP) is 22.5. The van der Waals surface area contributed by atoms with E-state index < -0.39 is 12.1 Å². The number of carbonyl (C=O) groups excluding carboxylic acids is 3. The minimum atomic E-state index is -0.832. The molecule has 0 aliphatic heterocycles. The van der Waals surface area contributed by atoms with Crippen molar-refractivity contribution in [3.63, 3.8) is 0 Å². The molecule has 0 amide bonds. The number of carbonyl (C=O) groups is 3. The highest BCUT2D eigenvalue weighted by molar-refractivity contribution is 5.72. The van der Waals surface area contributed by atoms with Crippen LogP contribution in [0, 0.1) is 0 Å². The van der Waals surface area contributed by atoms with Crippen LogP contribution in [0.2, 0.25) is 0 Å². The van der Waals surface area contributed by atoms with Crippen LogP contribution in [0.3, 0.4) is 0 Å². The highest BCUT2D eigenvalue weighted by Crippen LogP contribution is 2.15. The van der Waals surface area contributed by atoms with Gasteiger partial charge >= 0.3 is 17.9 Å². The molecule has 0 aromatic heterocycles. The van der Waals surface area contributed by atoms with Gasteiger partial charge in [-0.25, -0.2) is 0 Å². The van der Waals surface area contributed by atoms with E-state index in [1.54, 1.807) is 6.08 Å². The smallest absolute Gasteiger partial charge is 0.309 e. The fraction of sp³-hybridized carbons (Fsp3) is 0.658. The topological polar surface area (TPSA) is 78.9 Å². The number of unbranched alkanes of at least 4 members (excludes halogenated alkanes) is 26. The number of esters is 3. The Labute approximate surface area is 487 Å². The Balaban J connectivity index is 4.48. The molecule has 1 atom stereocenters. The van der Waals surface area contributed by atoms with Gasteiger partial charge in [-0.05, 0) is 122 Å². The van der Waals surface area contributed by atoms with Gasteiger partial charge in [-0.2, -0.15) is 0 Å². The Hall–Kier alpha value is -4.45. The molecule has 79 heavy (non-hydrogen) atoms. The van der Waals surface area contributed by atoms with Crippen LogP contribution in [0.1, 0.15) is 290 Å². The fourth-order valence-corrected chi connectivity index (χ4v) is 8.77. The number of ether oxygens (including phenoxy) is 3. The van der Waals surface area contributed by atoms with Gasteiger partial charge < -0.3 is 14.2 Å². The van der Waals surface area contributed by atoms with Gasteiger partial charge in [0.05, 0.1) is 6.42 Å². The SMILES string of the molecule is CC/C=C\C/C=C\C/C=C\C/C=C\C/C=C\CC(=O)OCC(COC(=O)CCCCCCCCCC/C=C\C/C=C\C/C=C\CCCCCCC)OC(=O)CCCCCCCCCC/C=C\C/C=C\C/C=C\CCCCCCC. The molecule has 0 aliphatic carbocycles. The van der Waals surface area contributed by atoms with Crippen molar-refractivity contribution in [1.82, 2.24) is 0 Å². The van der Waals surface area contributed by atoms with Crippen molar-refractivity contribution in [3.8, 4) is 0 Å². The van der Waals surface area contributed by atoms with Crippen LogP contribution in [-0.2, 0) is 28.6 Å². The molecule has 0 saturated carbocycles. The maximum absolute atomic E-state index is 12.9. The average Bonchev–Trinajstić information content (AvgIpc) is 3.45. The van der Waals surface area contributed by atoms with Crippen LogP contribution < -0.4 is 0 Å². The van der Waals surface area contributed by atoms with Gasteiger partial charge in [-0.15, -0.1) is 0 Å². The Bertz CT molecular complexity index is 1680. The third-order valence-corrected chi connectivity index (χ3v) is 13.6. The lowest BCUT2D eigenvalue weighted by atomic mass is 10.1. The van der Waals surface area contributed by atoms with E-state index in [0.29, 0.717) is 12.8 Å². The largest absolute Gasteiger partial charge is 0.462 e. The van der Waals surface area contributed by atoms with Crippen molar-refractivity contribution >= 4 is 17.9 Å². The number of allylic oxidation sites excluding steroid dienone is 21. The van der Waals surface area contributed by atoms with E-state index >= 15 is 0 Å². The predicted molar refractivity (Wildman–Crippen MR) is 343 cm³/mol. The van der Waals surface area contributed by atoms with E-state index in [1.165, 1.54) is 141 Å². The molecule has 1 unspecified atom stereocenters. The van der Waals surface area contributed by atoms with Gasteiger partial charge in [0.2, 0.25) is 0 Å². The normalized spacial score (nSPS) is 13.0. The molecular formula is C73H120O6. The highest BCUT2D eigenvalue weighted by Gasteiger charge is 2.19. The molecule has 6 heteroatoms. The van der Waals surface area contributed by atoms with Crippen molar-refractivity contribution < 1.29 is 28.6 Å². The molecular weight excluding hydrogens is 973 g/mol. The first-order valence-corrected chi connectivity index (χ1v) is 32.7. The zero-order valence-corrected chi connectivity index (χ0v) is 51.3. The van der Waals surface area contributed by atoms with Crippen molar-refractivity contribution in [2.45, 2.75) is 297 Å². The Morgan fingerprint density at radius 3 is 0.886 bits per heavy atom. The van der Waals surface area contributed by atoms with Crippen LogP contribution in [0.4, 0.5) is 0 Å². The maximum atomic E-state index is 12.9. The summed E-state index contributed by atoms with van der Waals surface area (Å²) in [6.07, 6.45) is 93.4. The fourth-order valence-electron chi connectivity index (χ4n) is 8.77. The molecule has 0 radical (unpaired) electrons. The zero-order chi connectivity index (χ0) is 57.1. The monoisotopic (exact) mass is 1090 g/mol. The average molecular weight is 1090 g/mol. The van der Waals surface area contributed by atoms with Gasteiger partial charge in [0.1, 0.15) is 13.2 Å². The van der Waals surface area contributed by atoms with Gasteiger partial charge in [0.15, 0.2) is 6.10 Å². The standard InChI is InChI=1S/C73H120O6/c1-4-7-10-13-16-19-22-25-28-30-32-34-36-38-40-42-45-48-51-54-57-60-63-66-72(75)78-69-70(68-77-71(74)65-62-59-56-53-50-47-44-27-24-21-18-15-12-9-6-3)79-73(76)67-64-61-58-55-52-49-46-43-41-39-37-35-33-31-29-26-23-20-17-14-11-8-5-2/h9,12,18,21-23,25-27,30-33,36-39,44,50,53,59,62,70H,4-8,10-11,13-17,19-20,24,28-29,34-35,40-43,45-49,51-52,54-58,60-61,63-69H2,1-3H3/b12-9-,21-18-,25-22-,26-23-,32-30-,33-31-,38-36-,39-37-,44-27-,53-50-,62-59-. The first-order chi connectivity index (χ1) is 39.0. The van der Waals surface area contributed by atoms with Crippen molar-refractivity contribution in [1.29, 1.82) is 0 Å². The summed E-state index contributed by atoms with van der Waals surface area (Å²) in [4.78, 5) is 38.3. The second kappa shape index (κ2) is 66.1.